The molecule has 0 fully saturated rings. The van der Waals surface area contributed by atoms with Gasteiger partial charge in [0.05, 0.1) is 13.0 Å². The Labute approximate surface area is 115 Å². The Kier molecular flexibility index (Phi) is 4.98. The summed E-state index contributed by atoms with van der Waals surface area (Å²) < 4.78 is 5.33. The summed E-state index contributed by atoms with van der Waals surface area (Å²) in [6.45, 7) is 8.35. The molecule has 0 spiro atoms. The van der Waals surface area contributed by atoms with Gasteiger partial charge >= 0.3 is 5.97 Å². The van der Waals surface area contributed by atoms with Crippen LogP contribution in [0.1, 0.15) is 57.6 Å². The fraction of sp³-hybridized carbons (Fsp3) is 0.562. The lowest BCUT2D eigenvalue weighted by Gasteiger charge is -2.23. The SMILES string of the molecule is CCCC(C(=O)O)c1cc(C(C)(C)C)ccc1OC. The maximum Gasteiger partial charge on any atom is 0.311 e. The van der Waals surface area contributed by atoms with Crippen LogP contribution in [0.4, 0.5) is 0 Å². The third-order valence-corrected chi connectivity index (χ3v) is 3.35. The summed E-state index contributed by atoms with van der Waals surface area (Å²) in [5.41, 5.74) is 1.91. The number of hydrogen-bond acceptors (Lipinski definition) is 2. The van der Waals surface area contributed by atoms with Crippen molar-refractivity contribution in [2.45, 2.75) is 51.9 Å². The van der Waals surface area contributed by atoms with Crippen molar-refractivity contribution in [1.29, 1.82) is 0 Å². The minimum Gasteiger partial charge on any atom is -0.496 e. The quantitative estimate of drug-likeness (QED) is 0.875. The number of ether oxygens (including phenoxy) is 1. The molecule has 3 heteroatoms. The number of carboxylic acids is 1. The number of benzene rings is 1. The fourth-order valence-electron chi connectivity index (χ4n) is 2.17. The highest BCUT2D eigenvalue weighted by Gasteiger charge is 2.25. The number of methoxy groups -OCH3 is 1. The zero-order chi connectivity index (χ0) is 14.6. The van der Waals surface area contributed by atoms with Crippen LogP contribution < -0.4 is 4.74 Å². The van der Waals surface area contributed by atoms with E-state index >= 15 is 0 Å². The first-order chi connectivity index (χ1) is 8.81. The highest BCUT2D eigenvalue weighted by atomic mass is 16.5. The molecule has 0 amide bonds. The number of carbonyl (C=O) groups is 1. The molecule has 0 aliphatic heterocycles. The molecule has 0 aliphatic rings. The predicted octanol–water partition coefficient (Wildman–Crippen LogP) is 3.96. The molecular formula is C16H24O3. The van der Waals surface area contributed by atoms with Crippen LogP contribution in [0.5, 0.6) is 5.75 Å². The number of carboxylic acid groups (broad SMARTS) is 1. The molecule has 1 N–H and O–H groups in total. The normalized spacial score (nSPS) is 13.1. The molecule has 1 unspecified atom stereocenters. The largest absolute Gasteiger partial charge is 0.496 e. The zero-order valence-electron chi connectivity index (χ0n) is 12.5. The Morgan fingerprint density at radius 1 is 1.37 bits per heavy atom. The second-order valence-electron chi connectivity index (χ2n) is 5.89. The van der Waals surface area contributed by atoms with Gasteiger partial charge in [-0.25, -0.2) is 0 Å². The predicted molar refractivity (Wildman–Crippen MR) is 77.0 cm³/mol. The van der Waals surface area contributed by atoms with Crippen molar-refractivity contribution in [1.82, 2.24) is 0 Å². The van der Waals surface area contributed by atoms with Gasteiger partial charge in [0.15, 0.2) is 0 Å². The molecule has 1 aromatic carbocycles. The Hall–Kier alpha value is -1.51. The van der Waals surface area contributed by atoms with E-state index in [1.54, 1.807) is 7.11 Å². The first-order valence-corrected chi connectivity index (χ1v) is 6.72. The second kappa shape index (κ2) is 6.09. The Bertz CT molecular complexity index is 444. The van der Waals surface area contributed by atoms with Crippen LogP contribution >= 0.6 is 0 Å². The molecule has 3 nitrogen and oxygen atoms in total. The van der Waals surface area contributed by atoms with Crippen LogP contribution in [0.25, 0.3) is 0 Å². The molecule has 0 bridgehead atoms. The average Bonchev–Trinajstić information content (AvgIpc) is 2.33. The van der Waals surface area contributed by atoms with Gasteiger partial charge in [0, 0.05) is 5.56 Å². The summed E-state index contributed by atoms with van der Waals surface area (Å²) in [5, 5.41) is 9.42. The molecule has 0 saturated carbocycles. The minimum atomic E-state index is -0.786. The van der Waals surface area contributed by atoms with Gasteiger partial charge in [-0.2, -0.15) is 0 Å². The van der Waals surface area contributed by atoms with Crippen LogP contribution in [-0.2, 0) is 10.2 Å². The molecule has 106 valence electrons. The fourth-order valence-corrected chi connectivity index (χ4v) is 2.17. The lowest BCUT2D eigenvalue weighted by atomic mass is 9.83. The van der Waals surface area contributed by atoms with Crippen molar-refractivity contribution in [3.63, 3.8) is 0 Å². The van der Waals surface area contributed by atoms with Gasteiger partial charge < -0.3 is 9.84 Å². The maximum absolute atomic E-state index is 11.5. The number of hydrogen-bond donors (Lipinski definition) is 1. The third kappa shape index (κ3) is 3.72. The van der Waals surface area contributed by atoms with E-state index in [4.69, 9.17) is 4.74 Å². The van der Waals surface area contributed by atoms with E-state index in [0.29, 0.717) is 12.2 Å². The first kappa shape index (κ1) is 15.5. The van der Waals surface area contributed by atoms with Crippen LogP contribution in [-0.4, -0.2) is 18.2 Å². The van der Waals surface area contributed by atoms with E-state index in [2.05, 4.69) is 20.8 Å². The molecule has 0 heterocycles. The Morgan fingerprint density at radius 3 is 2.42 bits per heavy atom. The van der Waals surface area contributed by atoms with Gasteiger partial charge in [-0.3, -0.25) is 4.79 Å². The molecule has 0 saturated heterocycles. The topological polar surface area (TPSA) is 46.5 Å². The lowest BCUT2D eigenvalue weighted by molar-refractivity contribution is -0.139. The van der Waals surface area contributed by atoms with Crippen LogP contribution in [0.15, 0.2) is 18.2 Å². The van der Waals surface area contributed by atoms with Crippen molar-refractivity contribution >= 4 is 5.97 Å². The molecule has 19 heavy (non-hydrogen) atoms. The van der Waals surface area contributed by atoms with Crippen LogP contribution in [0.3, 0.4) is 0 Å². The summed E-state index contributed by atoms with van der Waals surface area (Å²) in [6.07, 6.45) is 1.46. The maximum atomic E-state index is 11.5. The smallest absolute Gasteiger partial charge is 0.311 e. The molecule has 0 radical (unpaired) electrons. The summed E-state index contributed by atoms with van der Waals surface area (Å²) >= 11 is 0. The molecular weight excluding hydrogens is 240 g/mol. The third-order valence-electron chi connectivity index (χ3n) is 3.35. The van der Waals surface area contributed by atoms with Gasteiger partial charge in [-0.1, -0.05) is 46.2 Å². The molecule has 1 rings (SSSR count). The number of aliphatic carboxylic acids is 1. The Balaban J connectivity index is 3.32. The van der Waals surface area contributed by atoms with Crippen molar-refractivity contribution in [3.05, 3.63) is 29.3 Å². The van der Waals surface area contributed by atoms with Gasteiger partial charge in [0.1, 0.15) is 5.75 Å². The van der Waals surface area contributed by atoms with E-state index in [1.807, 2.05) is 25.1 Å². The molecule has 0 aromatic heterocycles. The molecule has 0 aliphatic carbocycles. The molecule has 1 aromatic rings. The van der Waals surface area contributed by atoms with E-state index in [1.165, 1.54) is 0 Å². The van der Waals surface area contributed by atoms with Crippen molar-refractivity contribution in [2.24, 2.45) is 0 Å². The monoisotopic (exact) mass is 264 g/mol. The minimum absolute atomic E-state index is 0.00368. The van der Waals surface area contributed by atoms with Gasteiger partial charge in [-0.15, -0.1) is 0 Å². The first-order valence-electron chi connectivity index (χ1n) is 6.72. The summed E-state index contributed by atoms with van der Waals surface area (Å²) in [6, 6.07) is 5.86. The highest BCUT2D eigenvalue weighted by molar-refractivity contribution is 5.77. The Morgan fingerprint density at radius 2 is 2.00 bits per heavy atom. The summed E-state index contributed by atoms with van der Waals surface area (Å²) in [7, 11) is 1.58. The van der Waals surface area contributed by atoms with Crippen LogP contribution in [0, 0.1) is 0 Å². The lowest BCUT2D eigenvalue weighted by Crippen LogP contribution is -2.16. The number of rotatable bonds is 5. The average molecular weight is 264 g/mol. The van der Waals surface area contributed by atoms with E-state index in [0.717, 1.165) is 17.5 Å². The summed E-state index contributed by atoms with van der Waals surface area (Å²) in [5.74, 6) is -0.623. The van der Waals surface area contributed by atoms with Crippen molar-refractivity contribution < 1.29 is 14.6 Å². The van der Waals surface area contributed by atoms with Crippen molar-refractivity contribution in [2.75, 3.05) is 7.11 Å². The van der Waals surface area contributed by atoms with Gasteiger partial charge in [0.25, 0.3) is 0 Å². The standard InChI is InChI=1S/C16H24O3/c1-6-7-12(15(17)18)13-10-11(16(2,3)4)8-9-14(13)19-5/h8-10,12H,6-7H2,1-5H3,(H,17,18). The summed E-state index contributed by atoms with van der Waals surface area (Å²) in [4.78, 5) is 11.5. The second-order valence-corrected chi connectivity index (χ2v) is 5.89. The van der Waals surface area contributed by atoms with Gasteiger partial charge in [0.2, 0.25) is 0 Å². The van der Waals surface area contributed by atoms with Crippen LogP contribution in [0.2, 0.25) is 0 Å². The van der Waals surface area contributed by atoms with Gasteiger partial charge in [-0.05, 0) is 23.5 Å². The molecule has 1 atom stereocenters. The van der Waals surface area contributed by atoms with Crippen molar-refractivity contribution in [3.8, 4) is 5.75 Å². The zero-order valence-corrected chi connectivity index (χ0v) is 12.5. The highest BCUT2D eigenvalue weighted by Crippen LogP contribution is 2.34. The van der Waals surface area contributed by atoms with E-state index < -0.39 is 11.9 Å². The van der Waals surface area contributed by atoms with E-state index in [-0.39, 0.29) is 5.41 Å². The van der Waals surface area contributed by atoms with E-state index in [9.17, 15) is 9.90 Å².